The molecule has 1 rings (SSSR count). The number of hydrogen-bond acceptors (Lipinski definition) is 1. The van der Waals surface area contributed by atoms with E-state index in [4.69, 9.17) is 0 Å². The third kappa shape index (κ3) is 4.28. The van der Waals surface area contributed by atoms with Gasteiger partial charge in [0, 0.05) is 0 Å². The van der Waals surface area contributed by atoms with Crippen LogP contribution in [0.15, 0.2) is 0 Å². The molecule has 0 heterocycles. The molecule has 17 heavy (non-hydrogen) atoms. The van der Waals surface area contributed by atoms with Crippen LogP contribution in [0.1, 0.15) is 91.4 Å². The average molecular weight is 240 g/mol. The summed E-state index contributed by atoms with van der Waals surface area (Å²) >= 11 is 0. The van der Waals surface area contributed by atoms with Gasteiger partial charge in [0.2, 0.25) is 0 Å². The van der Waals surface area contributed by atoms with Crippen molar-refractivity contribution in [1.29, 1.82) is 0 Å². The fourth-order valence-corrected chi connectivity index (χ4v) is 3.23. The van der Waals surface area contributed by atoms with Crippen molar-refractivity contribution < 1.29 is 5.11 Å². The molecule has 1 atom stereocenters. The molecule has 0 aromatic rings. The van der Waals surface area contributed by atoms with E-state index in [0.717, 1.165) is 12.8 Å². The molecule has 0 radical (unpaired) electrons. The normalized spacial score (nSPS) is 27.5. The van der Waals surface area contributed by atoms with Gasteiger partial charge in [-0.1, -0.05) is 65.7 Å². The van der Waals surface area contributed by atoms with Gasteiger partial charge >= 0.3 is 0 Å². The average Bonchev–Trinajstić information content (AvgIpc) is 2.53. The third-order valence-corrected chi connectivity index (χ3v) is 4.85. The molecule has 0 amide bonds. The molecule has 1 aliphatic rings. The Balaban J connectivity index is 2.10. The summed E-state index contributed by atoms with van der Waals surface area (Å²) in [5.74, 6) is 0. The second kappa shape index (κ2) is 6.78. The SMILES string of the molecule is CCCCCCCCCC1(O)CCCC1(C)C. The molecule has 0 aliphatic heterocycles. The van der Waals surface area contributed by atoms with Crippen LogP contribution < -0.4 is 0 Å². The van der Waals surface area contributed by atoms with Crippen LogP contribution in [-0.2, 0) is 0 Å². The van der Waals surface area contributed by atoms with Gasteiger partial charge in [0.05, 0.1) is 5.60 Å². The highest BCUT2D eigenvalue weighted by Crippen LogP contribution is 2.48. The van der Waals surface area contributed by atoms with Crippen LogP contribution >= 0.6 is 0 Å². The molecule has 0 spiro atoms. The van der Waals surface area contributed by atoms with Crippen LogP contribution in [0, 0.1) is 5.41 Å². The van der Waals surface area contributed by atoms with Crippen molar-refractivity contribution in [2.24, 2.45) is 5.41 Å². The van der Waals surface area contributed by atoms with Crippen LogP contribution in [0.5, 0.6) is 0 Å². The van der Waals surface area contributed by atoms with Crippen molar-refractivity contribution in [3.63, 3.8) is 0 Å². The van der Waals surface area contributed by atoms with E-state index in [-0.39, 0.29) is 11.0 Å². The Hall–Kier alpha value is -0.0400. The zero-order chi connectivity index (χ0) is 12.8. The monoisotopic (exact) mass is 240 g/mol. The lowest BCUT2D eigenvalue weighted by Gasteiger charge is -2.37. The Labute approximate surface area is 108 Å². The van der Waals surface area contributed by atoms with Crippen molar-refractivity contribution in [2.75, 3.05) is 0 Å². The zero-order valence-corrected chi connectivity index (χ0v) is 12.2. The maximum atomic E-state index is 10.7. The molecule has 0 saturated heterocycles. The fourth-order valence-electron chi connectivity index (χ4n) is 3.23. The molecule has 1 N–H and O–H groups in total. The fraction of sp³-hybridized carbons (Fsp3) is 1.00. The van der Waals surface area contributed by atoms with Gasteiger partial charge in [-0.25, -0.2) is 0 Å². The van der Waals surface area contributed by atoms with Crippen molar-refractivity contribution in [1.82, 2.24) is 0 Å². The molecule has 102 valence electrons. The molecular weight excluding hydrogens is 208 g/mol. The molecule has 1 unspecified atom stereocenters. The Morgan fingerprint density at radius 3 is 2.00 bits per heavy atom. The smallest absolute Gasteiger partial charge is 0.0698 e. The van der Waals surface area contributed by atoms with E-state index >= 15 is 0 Å². The summed E-state index contributed by atoms with van der Waals surface area (Å²) < 4.78 is 0. The molecular formula is C16H32O. The summed E-state index contributed by atoms with van der Waals surface area (Å²) in [7, 11) is 0. The van der Waals surface area contributed by atoms with E-state index in [9.17, 15) is 5.11 Å². The van der Waals surface area contributed by atoms with Crippen LogP contribution in [0.2, 0.25) is 0 Å². The number of rotatable bonds is 8. The van der Waals surface area contributed by atoms with Gasteiger partial charge in [0.1, 0.15) is 0 Å². The maximum absolute atomic E-state index is 10.7. The van der Waals surface area contributed by atoms with Gasteiger partial charge in [-0.05, 0) is 31.1 Å². The van der Waals surface area contributed by atoms with E-state index in [1.54, 1.807) is 0 Å². The Kier molecular flexibility index (Phi) is 5.99. The number of unbranched alkanes of at least 4 members (excludes halogenated alkanes) is 6. The highest BCUT2D eigenvalue weighted by Gasteiger charge is 2.46. The molecule has 1 saturated carbocycles. The summed E-state index contributed by atoms with van der Waals surface area (Å²) in [4.78, 5) is 0. The minimum Gasteiger partial charge on any atom is -0.389 e. The highest BCUT2D eigenvalue weighted by atomic mass is 16.3. The number of aliphatic hydroxyl groups is 1. The Morgan fingerprint density at radius 1 is 0.882 bits per heavy atom. The molecule has 0 bridgehead atoms. The Morgan fingerprint density at radius 2 is 1.47 bits per heavy atom. The van der Waals surface area contributed by atoms with Crippen LogP contribution in [0.4, 0.5) is 0 Å². The summed E-state index contributed by atoms with van der Waals surface area (Å²) in [5, 5.41) is 10.7. The lowest BCUT2D eigenvalue weighted by molar-refractivity contribution is -0.0511. The summed E-state index contributed by atoms with van der Waals surface area (Å²) in [5.41, 5.74) is -0.217. The summed E-state index contributed by atoms with van der Waals surface area (Å²) in [6.45, 7) is 6.74. The van der Waals surface area contributed by atoms with Gasteiger partial charge in [0.15, 0.2) is 0 Å². The van der Waals surface area contributed by atoms with Crippen molar-refractivity contribution in [3.05, 3.63) is 0 Å². The summed E-state index contributed by atoms with van der Waals surface area (Å²) in [6, 6.07) is 0. The molecule has 0 aromatic carbocycles. The number of hydrogen-bond donors (Lipinski definition) is 1. The third-order valence-electron chi connectivity index (χ3n) is 4.85. The lowest BCUT2D eigenvalue weighted by Crippen LogP contribution is -2.39. The first-order valence-electron chi connectivity index (χ1n) is 7.74. The second-order valence-electron chi connectivity index (χ2n) is 6.64. The maximum Gasteiger partial charge on any atom is 0.0698 e. The first-order valence-corrected chi connectivity index (χ1v) is 7.74. The standard InChI is InChI=1S/C16H32O/c1-4-5-6-7-8-9-10-13-16(17)14-11-12-15(16,2)3/h17H,4-14H2,1-3H3. The predicted octanol–water partition coefficient (Wildman–Crippen LogP) is 5.07. The van der Waals surface area contributed by atoms with Gasteiger partial charge in [-0.15, -0.1) is 0 Å². The first-order chi connectivity index (χ1) is 8.02. The van der Waals surface area contributed by atoms with Crippen LogP contribution in [0.25, 0.3) is 0 Å². The predicted molar refractivity (Wildman–Crippen MR) is 75.2 cm³/mol. The van der Waals surface area contributed by atoms with E-state index in [0.29, 0.717) is 0 Å². The first kappa shape index (κ1) is 15.0. The topological polar surface area (TPSA) is 20.2 Å². The minimum absolute atomic E-state index is 0.148. The van der Waals surface area contributed by atoms with Crippen molar-refractivity contribution in [2.45, 2.75) is 97.0 Å². The quantitative estimate of drug-likeness (QED) is 0.587. The van der Waals surface area contributed by atoms with Gasteiger partial charge < -0.3 is 5.11 Å². The van der Waals surface area contributed by atoms with Gasteiger partial charge in [-0.2, -0.15) is 0 Å². The van der Waals surface area contributed by atoms with E-state index < -0.39 is 0 Å². The van der Waals surface area contributed by atoms with E-state index in [1.165, 1.54) is 57.8 Å². The largest absolute Gasteiger partial charge is 0.389 e. The van der Waals surface area contributed by atoms with Crippen molar-refractivity contribution in [3.8, 4) is 0 Å². The highest BCUT2D eigenvalue weighted by molar-refractivity contribution is 4.98. The molecule has 1 heteroatoms. The van der Waals surface area contributed by atoms with Gasteiger partial charge in [0.25, 0.3) is 0 Å². The lowest BCUT2D eigenvalue weighted by atomic mass is 9.75. The molecule has 1 aliphatic carbocycles. The Bertz CT molecular complexity index is 210. The van der Waals surface area contributed by atoms with Crippen LogP contribution in [-0.4, -0.2) is 10.7 Å². The molecule has 1 nitrogen and oxygen atoms in total. The zero-order valence-electron chi connectivity index (χ0n) is 12.2. The second-order valence-corrected chi connectivity index (χ2v) is 6.64. The van der Waals surface area contributed by atoms with Gasteiger partial charge in [-0.3, -0.25) is 0 Å². The van der Waals surface area contributed by atoms with Crippen LogP contribution in [0.3, 0.4) is 0 Å². The van der Waals surface area contributed by atoms with E-state index in [1.807, 2.05) is 0 Å². The van der Waals surface area contributed by atoms with E-state index in [2.05, 4.69) is 20.8 Å². The molecule has 0 aromatic heterocycles. The van der Waals surface area contributed by atoms with Crippen molar-refractivity contribution >= 4 is 0 Å². The minimum atomic E-state index is -0.365. The summed E-state index contributed by atoms with van der Waals surface area (Å²) in [6.07, 6.45) is 13.8. The molecule has 1 fully saturated rings.